The molecule has 1 N–H and O–H groups in total. The maximum Gasteiger partial charge on any atom is 0.123 e. The highest BCUT2D eigenvalue weighted by molar-refractivity contribution is 5.40. The van der Waals surface area contributed by atoms with Gasteiger partial charge in [-0.3, -0.25) is 4.98 Å². The van der Waals surface area contributed by atoms with Crippen LogP contribution in [0.3, 0.4) is 0 Å². The van der Waals surface area contributed by atoms with Crippen LogP contribution < -0.4 is 10.1 Å². The van der Waals surface area contributed by atoms with Gasteiger partial charge in [0.1, 0.15) is 5.75 Å². The zero-order valence-corrected chi connectivity index (χ0v) is 10.1. The third-order valence-corrected chi connectivity index (χ3v) is 2.76. The molecule has 0 fully saturated rings. The molecule has 1 atom stereocenters. The summed E-state index contributed by atoms with van der Waals surface area (Å²) in [5.41, 5.74) is 2.24. The fraction of sp³-hybridized carbons (Fsp3) is 0.214. The van der Waals surface area contributed by atoms with Gasteiger partial charge < -0.3 is 10.1 Å². The minimum Gasteiger partial charge on any atom is -0.496 e. The molecule has 3 nitrogen and oxygen atoms in total. The van der Waals surface area contributed by atoms with Crippen LogP contribution >= 0.6 is 0 Å². The fourth-order valence-corrected chi connectivity index (χ4v) is 1.95. The quantitative estimate of drug-likeness (QED) is 0.872. The molecule has 0 saturated heterocycles. The Hall–Kier alpha value is -1.87. The van der Waals surface area contributed by atoms with E-state index in [0.717, 1.165) is 16.9 Å². The molecule has 0 spiro atoms. The molecule has 3 heteroatoms. The number of para-hydroxylation sites is 1. The van der Waals surface area contributed by atoms with E-state index < -0.39 is 0 Å². The molecule has 1 unspecified atom stereocenters. The van der Waals surface area contributed by atoms with Crippen molar-refractivity contribution in [3.05, 3.63) is 59.9 Å². The van der Waals surface area contributed by atoms with E-state index in [1.54, 1.807) is 13.3 Å². The maximum atomic E-state index is 5.39. The topological polar surface area (TPSA) is 34.2 Å². The summed E-state index contributed by atoms with van der Waals surface area (Å²) in [5, 5.41) is 3.29. The minimum absolute atomic E-state index is 0.0971. The van der Waals surface area contributed by atoms with Crippen molar-refractivity contribution >= 4 is 0 Å². The van der Waals surface area contributed by atoms with Crippen LogP contribution in [0.5, 0.6) is 5.75 Å². The molecule has 0 aliphatic rings. The third kappa shape index (κ3) is 2.45. The van der Waals surface area contributed by atoms with Gasteiger partial charge in [0.2, 0.25) is 0 Å². The van der Waals surface area contributed by atoms with Crippen LogP contribution in [0, 0.1) is 0 Å². The fourth-order valence-electron chi connectivity index (χ4n) is 1.95. The van der Waals surface area contributed by atoms with Crippen molar-refractivity contribution < 1.29 is 4.74 Å². The molecule has 0 bridgehead atoms. The summed E-state index contributed by atoms with van der Waals surface area (Å²) in [6.45, 7) is 0. The first kappa shape index (κ1) is 11.6. The molecular weight excluding hydrogens is 212 g/mol. The summed E-state index contributed by atoms with van der Waals surface area (Å²) in [6.07, 6.45) is 3.64. The van der Waals surface area contributed by atoms with E-state index in [1.807, 2.05) is 37.5 Å². The van der Waals surface area contributed by atoms with Crippen LogP contribution in [-0.2, 0) is 0 Å². The number of benzene rings is 1. The first-order valence-corrected chi connectivity index (χ1v) is 5.57. The Morgan fingerprint density at radius 2 is 2.00 bits per heavy atom. The van der Waals surface area contributed by atoms with Gasteiger partial charge in [-0.25, -0.2) is 0 Å². The number of ether oxygens (including phenoxy) is 1. The molecule has 17 heavy (non-hydrogen) atoms. The number of rotatable bonds is 4. The Kier molecular flexibility index (Phi) is 3.73. The molecule has 1 heterocycles. The molecular formula is C14H16N2O. The van der Waals surface area contributed by atoms with Crippen molar-refractivity contribution in [3.63, 3.8) is 0 Å². The molecule has 0 aliphatic carbocycles. The normalized spacial score (nSPS) is 12.1. The van der Waals surface area contributed by atoms with Crippen molar-refractivity contribution in [1.29, 1.82) is 0 Å². The van der Waals surface area contributed by atoms with Gasteiger partial charge in [0.15, 0.2) is 0 Å². The Labute approximate surface area is 101 Å². The van der Waals surface area contributed by atoms with E-state index in [0.29, 0.717) is 0 Å². The van der Waals surface area contributed by atoms with E-state index in [9.17, 15) is 0 Å². The lowest BCUT2D eigenvalue weighted by Crippen LogP contribution is -2.18. The number of pyridine rings is 1. The second-order valence-electron chi connectivity index (χ2n) is 3.75. The van der Waals surface area contributed by atoms with Crippen LogP contribution in [0.2, 0.25) is 0 Å². The summed E-state index contributed by atoms with van der Waals surface area (Å²) in [7, 11) is 3.62. The molecule has 2 aromatic rings. The summed E-state index contributed by atoms with van der Waals surface area (Å²) >= 11 is 0. The van der Waals surface area contributed by atoms with Gasteiger partial charge in [-0.05, 0) is 24.7 Å². The second-order valence-corrected chi connectivity index (χ2v) is 3.75. The average Bonchev–Trinajstić information content (AvgIpc) is 2.41. The molecule has 0 aliphatic heterocycles. The van der Waals surface area contributed by atoms with Crippen LogP contribution in [0.15, 0.2) is 48.8 Å². The van der Waals surface area contributed by atoms with Gasteiger partial charge in [-0.1, -0.05) is 24.3 Å². The summed E-state index contributed by atoms with van der Waals surface area (Å²) in [6, 6.07) is 12.1. The highest BCUT2D eigenvalue weighted by Crippen LogP contribution is 2.28. The first-order chi connectivity index (χ1) is 8.36. The summed E-state index contributed by atoms with van der Waals surface area (Å²) < 4.78 is 5.39. The number of aromatic nitrogens is 1. The zero-order valence-electron chi connectivity index (χ0n) is 10.1. The first-order valence-electron chi connectivity index (χ1n) is 5.57. The Balaban J connectivity index is 2.42. The zero-order chi connectivity index (χ0) is 12.1. The van der Waals surface area contributed by atoms with Crippen LogP contribution in [0.4, 0.5) is 0 Å². The molecule has 0 radical (unpaired) electrons. The van der Waals surface area contributed by atoms with Crippen molar-refractivity contribution in [1.82, 2.24) is 10.3 Å². The van der Waals surface area contributed by atoms with Crippen molar-refractivity contribution in [2.45, 2.75) is 6.04 Å². The summed E-state index contributed by atoms with van der Waals surface area (Å²) in [4.78, 5) is 4.15. The number of nitrogens with one attached hydrogen (secondary N) is 1. The predicted octanol–water partition coefficient (Wildman–Crippen LogP) is 2.40. The van der Waals surface area contributed by atoms with E-state index >= 15 is 0 Å². The van der Waals surface area contributed by atoms with Gasteiger partial charge >= 0.3 is 0 Å². The number of methoxy groups -OCH3 is 1. The SMILES string of the molecule is CNC(c1cccnc1)c1ccccc1OC. The number of hydrogen-bond donors (Lipinski definition) is 1. The van der Waals surface area contributed by atoms with Crippen molar-refractivity contribution in [2.75, 3.05) is 14.2 Å². The van der Waals surface area contributed by atoms with Gasteiger partial charge in [0.25, 0.3) is 0 Å². The Morgan fingerprint density at radius 3 is 2.65 bits per heavy atom. The maximum absolute atomic E-state index is 5.39. The van der Waals surface area contributed by atoms with Crippen LogP contribution in [-0.4, -0.2) is 19.1 Å². The molecule has 1 aromatic carbocycles. The third-order valence-electron chi connectivity index (χ3n) is 2.76. The monoisotopic (exact) mass is 228 g/mol. The smallest absolute Gasteiger partial charge is 0.123 e. The van der Waals surface area contributed by atoms with Crippen LogP contribution in [0.1, 0.15) is 17.2 Å². The van der Waals surface area contributed by atoms with Crippen molar-refractivity contribution in [3.8, 4) is 5.75 Å². The highest BCUT2D eigenvalue weighted by atomic mass is 16.5. The van der Waals surface area contributed by atoms with Gasteiger partial charge in [0.05, 0.1) is 13.2 Å². The van der Waals surface area contributed by atoms with E-state index in [1.165, 1.54) is 0 Å². The van der Waals surface area contributed by atoms with E-state index in [-0.39, 0.29) is 6.04 Å². The van der Waals surface area contributed by atoms with E-state index in [2.05, 4.69) is 22.4 Å². The Morgan fingerprint density at radius 1 is 1.18 bits per heavy atom. The minimum atomic E-state index is 0.0971. The highest BCUT2D eigenvalue weighted by Gasteiger charge is 2.15. The lowest BCUT2D eigenvalue weighted by Gasteiger charge is -2.19. The van der Waals surface area contributed by atoms with Gasteiger partial charge in [-0.15, -0.1) is 0 Å². The van der Waals surface area contributed by atoms with Crippen LogP contribution in [0.25, 0.3) is 0 Å². The Bertz CT molecular complexity index is 471. The van der Waals surface area contributed by atoms with E-state index in [4.69, 9.17) is 4.74 Å². The second kappa shape index (κ2) is 5.46. The summed E-state index contributed by atoms with van der Waals surface area (Å²) in [5.74, 6) is 0.885. The van der Waals surface area contributed by atoms with Gasteiger partial charge in [0, 0.05) is 18.0 Å². The largest absolute Gasteiger partial charge is 0.496 e. The lowest BCUT2D eigenvalue weighted by molar-refractivity contribution is 0.405. The predicted molar refractivity (Wildman–Crippen MR) is 68.1 cm³/mol. The van der Waals surface area contributed by atoms with Gasteiger partial charge in [-0.2, -0.15) is 0 Å². The molecule has 1 aromatic heterocycles. The molecule has 88 valence electrons. The standard InChI is InChI=1S/C14H16N2O/c1-15-14(11-6-5-9-16-10-11)12-7-3-4-8-13(12)17-2/h3-10,14-15H,1-2H3. The lowest BCUT2D eigenvalue weighted by atomic mass is 9.99. The van der Waals surface area contributed by atoms with Crippen molar-refractivity contribution in [2.24, 2.45) is 0 Å². The molecule has 0 amide bonds. The molecule has 2 rings (SSSR count). The number of nitrogens with zero attached hydrogens (tertiary/aromatic N) is 1. The average molecular weight is 228 g/mol. The number of hydrogen-bond acceptors (Lipinski definition) is 3. The molecule has 0 saturated carbocycles.